The van der Waals surface area contributed by atoms with E-state index in [1.54, 1.807) is 36.4 Å². The Kier molecular flexibility index (Phi) is 8.18. The molecule has 2 aliphatic heterocycles. The van der Waals surface area contributed by atoms with Gasteiger partial charge < -0.3 is 9.47 Å². The van der Waals surface area contributed by atoms with Crippen LogP contribution in [0.3, 0.4) is 0 Å². The molecule has 2 fully saturated rings. The molecule has 2 radical (unpaired) electrons. The van der Waals surface area contributed by atoms with Gasteiger partial charge in [-0.1, -0.05) is 56.4 Å². The summed E-state index contributed by atoms with van der Waals surface area (Å²) in [6.45, 7) is 0.308. The molecular weight excluding hydrogens is 378 g/mol. The van der Waals surface area contributed by atoms with Crippen LogP contribution < -0.4 is 9.47 Å². The van der Waals surface area contributed by atoms with Gasteiger partial charge in [-0.3, -0.25) is 0 Å². The van der Waals surface area contributed by atoms with Crippen LogP contribution in [0.2, 0.25) is 35.8 Å². The largest absolute Gasteiger partial charge is 0.493 e. The number of benzene rings is 1. The molecule has 1 aromatic carbocycles. The highest BCUT2D eigenvalue weighted by atomic mass is 28.3. The van der Waals surface area contributed by atoms with Crippen molar-refractivity contribution < 1.29 is 18.3 Å². The third kappa shape index (κ3) is 6.59. The van der Waals surface area contributed by atoms with Gasteiger partial charge in [0, 0.05) is 8.80 Å². The summed E-state index contributed by atoms with van der Waals surface area (Å²) < 4.78 is 34.6. The molecule has 3 rings (SSSR count). The van der Waals surface area contributed by atoms with Gasteiger partial charge in [0.25, 0.3) is 0 Å². The van der Waals surface area contributed by atoms with Crippen molar-refractivity contribution in [1.82, 2.24) is 0 Å². The van der Waals surface area contributed by atoms with Crippen LogP contribution in [0.4, 0.5) is 8.78 Å². The zero-order chi connectivity index (χ0) is 19.1. The molecule has 0 aromatic heterocycles. The number of alkyl halides is 2. The van der Waals surface area contributed by atoms with Crippen molar-refractivity contribution in [3.05, 3.63) is 24.3 Å². The van der Waals surface area contributed by atoms with Crippen LogP contribution in [0.1, 0.15) is 39.0 Å². The zero-order valence-electron chi connectivity index (χ0n) is 16.4. The highest BCUT2D eigenvalue weighted by molar-refractivity contribution is 6.63. The van der Waals surface area contributed by atoms with E-state index >= 15 is 0 Å². The minimum atomic E-state index is -2.78. The second-order valence-corrected chi connectivity index (χ2v) is 14.2. The van der Waals surface area contributed by atoms with Crippen molar-refractivity contribution in [1.29, 1.82) is 0 Å². The van der Waals surface area contributed by atoms with Crippen LogP contribution in [-0.4, -0.2) is 30.8 Å². The maximum Gasteiger partial charge on any atom is 0.387 e. The van der Waals surface area contributed by atoms with Gasteiger partial charge in [-0.05, 0) is 48.6 Å². The standard InChI is InChI=1S/C21H32F2O2Si2/c1-2-11-26-12-9-20(10-13-26)27-14-7-17(8-15-27)16-24-18-3-5-19(6-4-18)25-21(22)23/h3-6,17,20-21H,2,7-16H2,1H3. The molecule has 2 aliphatic rings. The molecule has 0 bridgehead atoms. The summed E-state index contributed by atoms with van der Waals surface area (Å²) in [5.41, 5.74) is 1.09. The molecule has 0 unspecified atom stereocenters. The molecule has 2 heterocycles. The summed E-state index contributed by atoms with van der Waals surface area (Å²) in [5, 5.41) is 0. The number of hydrogen-bond acceptors (Lipinski definition) is 2. The first-order valence-corrected chi connectivity index (χ1v) is 14.6. The van der Waals surface area contributed by atoms with Crippen LogP contribution >= 0.6 is 0 Å². The van der Waals surface area contributed by atoms with Gasteiger partial charge in [0.2, 0.25) is 0 Å². The van der Waals surface area contributed by atoms with Crippen molar-refractivity contribution in [2.45, 2.75) is 81.4 Å². The average Bonchev–Trinajstić information content (AvgIpc) is 2.68. The first-order chi connectivity index (χ1) is 13.1. The highest BCUT2D eigenvalue weighted by Gasteiger charge is 2.32. The van der Waals surface area contributed by atoms with E-state index in [1.807, 2.05) is 0 Å². The number of ether oxygens (including phenoxy) is 2. The second kappa shape index (κ2) is 10.6. The first-order valence-electron chi connectivity index (χ1n) is 10.5. The fraction of sp³-hybridized carbons (Fsp3) is 0.714. The minimum Gasteiger partial charge on any atom is -0.493 e. The molecule has 0 spiro atoms. The lowest BCUT2D eigenvalue weighted by molar-refractivity contribution is -0.0498. The fourth-order valence-corrected chi connectivity index (χ4v) is 11.9. The smallest absolute Gasteiger partial charge is 0.387 e. The van der Waals surface area contributed by atoms with Crippen LogP contribution in [0.15, 0.2) is 24.3 Å². The molecule has 0 aliphatic carbocycles. The van der Waals surface area contributed by atoms with Crippen molar-refractivity contribution >= 4 is 17.6 Å². The lowest BCUT2D eigenvalue weighted by Gasteiger charge is -2.36. The van der Waals surface area contributed by atoms with Crippen molar-refractivity contribution in [2.24, 2.45) is 5.92 Å². The summed E-state index contributed by atoms with van der Waals surface area (Å²) in [7, 11) is -0.127. The van der Waals surface area contributed by atoms with Crippen LogP contribution in [-0.2, 0) is 0 Å². The van der Waals surface area contributed by atoms with Gasteiger partial charge >= 0.3 is 6.61 Å². The van der Waals surface area contributed by atoms with Crippen LogP contribution in [0.25, 0.3) is 0 Å². The molecule has 1 aromatic rings. The predicted octanol–water partition coefficient (Wildman–Crippen LogP) is 6.64. The predicted molar refractivity (Wildman–Crippen MR) is 110 cm³/mol. The van der Waals surface area contributed by atoms with E-state index in [1.165, 1.54) is 50.2 Å². The third-order valence-corrected chi connectivity index (χ3v) is 12.9. The normalized spacial score (nSPS) is 20.9. The molecular formula is C21H32F2O2Si2. The molecule has 0 N–H and O–H groups in total. The molecule has 0 amide bonds. The molecule has 2 nitrogen and oxygen atoms in total. The van der Waals surface area contributed by atoms with E-state index in [0.717, 1.165) is 17.9 Å². The summed E-state index contributed by atoms with van der Waals surface area (Å²) in [6, 6.07) is 14.1. The Hall–Kier alpha value is -0.886. The average molecular weight is 411 g/mol. The Bertz CT molecular complexity index is 540. The minimum absolute atomic E-state index is 0.0174. The molecule has 27 heavy (non-hydrogen) atoms. The van der Waals surface area contributed by atoms with E-state index in [0.29, 0.717) is 5.92 Å². The van der Waals surface area contributed by atoms with Crippen LogP contribution in [0.5, 0.6) is 11.5 Å². The van der Waals surface area contributed by atoms with Gasteiger partial charge in [-0.15, -0.1) is 0 Å². The Morgan fingerprint density at radius 1 is 0.963 bits per heavy atom. The van der Waals surface area contributed by atoms with Gasteiger partial charge in [0.15, 0.2) is 0 Å². The lowest BCUT2D eigenvalue weighted by atomic mass is 10.0. The van der Waals surface area contributed by atoms with E-state index in [9.17, 15) is 8.78 Å². The van der Waals surface area contributed by atoms with E-state index in [-0.39, 0.29) is 23.3 Å². The molecule has 150 valence electrons. The summed E-state index contributed by atoms with van der Waals surface area (Å²) >= 11 is 0. The van der Waals surface area contributed by atoms with E-state index < -0.39 is 6.61 Å². The van der Waals surface area contributed by atoms with Crippen molar-refractivity contribution in [2.75, 3.05) is 6.61 Å². The molecule has 0 saturated carbocycles. The van der Waals surface area contributed by atoms with E-state index in [2.05, 4.69) is 11.7 Å². The van der Waals surface area contributed by atoms with Gasteiger partial charge in [0.05, 0.1) is 15.4 Å². The Morgan fingerprint density at radius 2 is 1.59 bits per heavy atom. The van der Waals surface area contributed by atoms with E-state index in [4.69, 9.17) is 4.74 Å². The number of halogens is 2. The zero-order valence-corrected chi connectivity index (χ0v) is 18.4. The maximum atomic E-state index is 12.2. The third-order valence-electron chi connectivity index (χ3n) is 6.16. The first kappa shape index (κ1) is 20.8. The fourth-order valence-electron chi connectivity index (χ4n) is 4.59. The Balaban J connectivity index is 1.35. The highest BCUT2D eigenvalue weighted by Crippen LogP contribution is 2.40. The summed E-state index contributed by atoms with van der Waals surface area (Å²) in [5.74, 6) is 1.57. The number of hydrogen-bond donors (Lipinski definition) is 0. The second-order valence-electron chi connectivity index (χ2n) is 8.04. The molecule has 6 heteroatoms. The van der Waals surface area contributed by atoms with Crippen LogP contribution in [0, 0.1) is 5.92 Å². The molecule has 2 saturated heterocycles. The monoisotopic (exact) mass is 410 g/mol. The van der Waals surface area contributed by atoms with Gasteiger partial charge in [0.1, 0.15) is 11.5 Å². The van der Waals surface area contributed by atoms with Gasteiger partial charge in [-0.2, -0.15) is 8.78 Å². The Labute approximate surface area is 165 Å². The quantitative estimate of drug-likeness (QED) is 0.447. The van der Waals surface area contributed by atoms with Crippen molar-refractivity contribution in [3.63, 3.8) is 0 Å². The SMILES string of the molecule is CCC[Si]1CCC([Si]2CCC(COc3ccc(OC(F)F)cc3)CC2)CC1. The number of rotatable bonds is 8. The summed E-state index contributed by atoms with van der Waals surface area (Å²) in [4.78, 5) is 0. The Morgan fingerprint density at radius 3 is 2.19 bits per heavy atom. The van der Waals surface area contributed by atoms with Crippen molar-refractivity contribution in [3.8, 4) is 11.5 Å². The maximum absolute atomic E-state index is 12.2. The molecule has 0 atom stereocenters. The lowest BCUT2D eigenvalue weighted by Crippen LogP contribution is -2.32. The topological polar surface area (TPSA) is 18.5 Å². The summed E-state index contributed by atoms with van der Waals surface area (Å²) in [6.07, 6.45) is 7.09. The van der Waals surface area contributed by atoms with Gasteiger partial charge in [-0.25, -0.2) is 0 Å².